The van der Waals surface area contributed by atoms with Crippen molar-refractivity contribution in [2.24, 2.45) is 0 Å². The molecule has 0 spiro atoms. The highest BCUT2D eigenvalue weighted by molar-refractivity contribution is 7.17. The van der Waals surface area contributed by atoms with Gasteiger partial charge in [-0.3, -0.25) is 0 Å². The van der Waals surface area contributed by atoms with Crippen LogP contribution in [0, 0.1) is 0 Å². The van der Waals surface area contributed by atoms with Gasteiger partial charge in [-0.05, 0) is 102 Å². The van der Waals surface area contributed by atoms with Crippen molar-refractivity contribution < 1.29 is 4.42 Å². The quantitative estimate of drug-likeness (QED) is 0.199. The minimum absolute atomic E-state index is 0.913. The second-order valence-corrected chi connectivity index (χ2v) is 11.9. The van der Waals surface area contributed by atoms with Crippen LogP contribution in [0.5, 0.6) is 0 Å². The highest BCUT2D eigenvalue weighted by Crippen LogP contribution is 2.45. The van der Waals surface area contributed by atoms with E-state index in [1.165, 1.54) is 70.2 Å². The lowest BCUT2D eigenvalue weighted by atomic mass is 9.85. The van der Waals surface area contributed by atoms with Gasteiger partial charge in [-0.1, -0.05) is 97.6 Å². The first kappa shape index (κ1) is 23.5. The highest BCUT2D eigenvalue weighted by Gasteiger charge is 2.18. The van der Waals surface area contributed by atoms with Gasteiger partial charge in [0, 0.05) is 20.9 Å². The fraction of sp³-hybridized carbons (Fsp3) is 0. The van der Waals surface area contributed by atoms with Crippen molar-refractivity contribution in [3.63, 3.8) is 0 Å². The van der Waals surface area contributed by atoms with Crippen LogP contribution in [0.25, 0.3) is 92.7 Å². The molecule has 2 heteroatoms. The van der Waals surface area contributed by atoms with E-state index in [0.29, 0.717) is 0 Å². The minimum atomic E-state index is 0.913. The molecule has 0 aliphatic rings. The lowest BCUT2D eigenvalue weighted by Crippen LogP contribution is -1.90. The molecule has 0 saturated carbocycles. The van der Waals surface area contributed by atoms with Gasteiger partial charge in [-0.2, -0.15) is 0 Å². The minimum Gasteiger partial charge on any atom is -0.456 e. The van der Waals surface area contributed by atoms with E-state index in [-0.39, 0.29) is 0 Å². The normalized spacial score (nSPS) is 11.9. The van der Waals surface area contributed by atoms with Crippen molar-refractivity contribution in [2.75, 3.05) is 0 Å². The molecule has 9 rings (SSSR count). The summed E-state index contributed by atoms with van der Waals surface area (Å²) in [5, 5.41) is 13.2. The third kappa shape index (κ3) is 3.36. The molecule has 0 saturated heterocycles. The predicted octanol–water partition coefficient (Wildman–Crippen LogP) is 12.2. The van der Waals surface area contributed by atoms with E-state index in [1.807, 2.05) is 6.08 Å². The average molecular weight is 553 g/mol. The number of furan rings is 1. The summed E-state index contributed by atoms with van der Waals surface area (Å²) in [5.41, 5.74) is 7.98. The molecule has 0 N–H and O–H groups in total. The maximum Gasteiger partial charge on any atom is 0.136 e. The van der Waals surface area contributed by atoms with Crippen LogP contribution in [0.15, 0.2) is 138 Å². The van der Waals surface area contributed by atoms with E-state index in [4.69, 9.17) is 4.42 Å². The van der Waals surface area contributed by atoms with Crippen molar-refractivity contribution in [1.82, 2.24) is 0 Å². The van der Waals surface area contributed by atoms with Gasteiger partial charge in [0.1, 0.15) is 11.2 Å². The Hall–Kier alpha value is -5.18. The molecular weight excluding hydrogens is 529 g/mol. The molecule has 2 heterocycles. The zero-order valence-electron chi connectivity index (χ0n) is 22.7. The van der Waals surface area contributed by atoms with Gasteiger partial charge in [0.15, 0.2) is 0 Å². The summed E-state index contributed by atoms with van der Waals surface area (Å²) in [6, 6.07) is 44.1. The van der Waals surface area contributed by atoms with Gasteiger partial charge >= 0.3 is 0 Å². The number of benzene rings is 7. The van der Waals surface area contributed by atoms with Crippen LogP contribution < -0.4 is 0 Å². The number of thiophene rings is 1. The second kappa shape index (κ2) is 8.91. The van der Waals surface area contributed by atoms with Crippen molar-refractivity contribution >= 4 is 81.8 Å². The Balaban J connectivity index is 1.36. The third-order valence-electron chi connectivity index (χ3n) is 8.67. The summed E-state index contributed by atoms with van der Waals surface area (Å²) in [7, 11) is 0. The fourth-order valence-electron chi connectivity index (χ4n) is 6.73. The van der Waals surface area contributed by atoms with Crippen LogP contribution >= 0.6 is 11.3 Å². The molecule has 0 bridgehead atoms. The number of fused-ring (bicyclic) bond motifs is 7. The third-order valence-corrected chi connectivity index (χ3v) is 9.65. The van der Waals surface area contributed by atoms with E-state index in [1.54, 1.807) is 11.3 Å². The molecule has 42 heavy (non-hydrogen) atoms. The van der Waals surface area contributed by atoms with E-state index in [2.05, 4.69) is 133 Å². The largest absolute Gasteiger partial charge is 0.456 e. The summed E-state index contributed by atoms with van der Waals surface area (Å²) < 4.78 is 7.63. The molecule has 7 aromatic carbocycles. The van der Waals surface area contributed by atoms with E-state index >= 15 is 0 Å². The molecule has 1 nitrogen and oxygen atoms in total. The van der Waals surface area contributed by atoms with E-state index < -0.39 is 0 Å². The van der Waals surface area contributed by atoms with Crippen LogP contribution in [-0.2, 0) is 0 Å². The molecule has 0 aliphatic heterocycles. The zero-order valence-corrected chi connectivity index (χ0v) is 23.5. The van der Waals surface area contributed by atoms with E-state index in [0.717, 1.165) is 21.9 Å². The predicted molar refractivity (Wildman–Crippen MR) is 183 cm³/mol. The first-order chi connectivity index (χ1) is 20.8. The summed E-state index contributed by atoms with van der Waals surface area (Å²) in [6.07, 6.45) is 1.96. The Bertz CT molecular complexity index is 2490. The van der Waals surface area contributed by atoms with Crippen LogP contribution in [-0.4, -0.2) is 0 Å². The van der Waals surface area contributed by atoms with Gasteiger partial charge in [0.2, 0.25) is 0 Å². The Morgan fingerprint density at radius 2 is 1.05 bits per heavy atom. The molecule has 0 unspecified atom stereocenters. The molecule has 0 fully saturated rings. The lowest BCUT2D eigenvalue weighted by Gasteiger charge is -2.18. The number of hydrogen-bond acceptors (Lipinski definition) is 2. The lowest BCUT2D eigenvalue weighted by molar-refractivity contribution is 0.669. The smallest absolute Gasteiger partial charge is 0.136 e. The molecule has 0 radical (unpaired) electrons. The van der Waals surface area contributed by atoms with Gasteiger partial charge in [0.25, 0.3) is 0 Å². The molecule has 0 aliphatic carbocycles. The number of rotatable bonds is 3. The first-order valence-corrected chi connectivity index (χ1v) is 15.1. The molecule has 2 aromatic heterocycles. The van der Waals surface area contributed by atoms with Crippen molar-refractivity contribution in [3.8, 4) is 22.3 Å². The monoisotopic (exact) mass is 552 g/mol. The average Bonchev–Trinajstić information content (AvgIpc) is 3.62. The van der Waals surface area contributed by atoms with Crippen LogP contribution in [0.2, 0.25) is 0 Å². The van der Waals surface area contributed by atoms with Crippen LogP contribution in [0.3, 0.4) is 0 Å². The standard InChI is InChI=1S/C40H24OS/c1-2-24-23-42-38-18-16-28(20-33(24)38)40-31-13-7-5-11-29(31)39(30-12-6-8-14-32(30)40)27-15-17-36-34(21-27)35-19-25-9-3-4-10-26(25)22-37(35)41-36/h2-23H,1H2. The van der Waals surface area contributed by atoms with Gasteiger partial charge in [-0.25, -0.2) is 0 Å². The van der Waals surface area contributed by atoms with Crippen molar-refractivity contribution in [2.45, 2.75) is 0 Å². The molecular formula is C40H24OS. The molecule has 0 atom stereocenters. The van der Waals surface area contributed by atoms with Crippen LogP contribution in [0.1, 0.15) is 5.56 Å². The topological polar surface area (TPSA) is 13.1 Å². The Morgan fingerprint density at radius 3 is 1.69 bits per heavy atom. The van der Waals surface area contributed by atoms with Crippen LogP contribution in [0.4, 0.5) is 0 Å². The second-order valence-electron chi connectivity index (χ2n) is 11.0. The number of hydrogen-bond donors (Lipinski definition) is 0. The Morgan fingerprint density at radius 1 is 0.500 bits per heavy atom. The van der Waals surface area contributed by atoms with Gasteiger partial charge < -0.3 is 4.42 Å². The van der Waals surface area contributed by atoms with Gasteiger partial charge in [0.05, 0.1) is 0 Å². The first-order valence-electron chi connectivity index (χ1n) is 14.2. The Labute approximate surface area is 246 Å². The van der Waals surface area contributed by atoms with E-state index in [9.17, 15) is 0 Å². The molecule has 196 valence electrons. The Kier molecular flexibility index (Phi) is 4.99. The maximum absolute atomic E-state index is 6.34. The molecule has 9 aromatic rings. The fourth-order valence-corrected chi connectivity index (χ4v) is 7.66. The summed E-state index contributed by atoms with van der Waals surface area (Å²) in [4.78, 5) is 0. The zero-order chi connectivity index (χ0) is 27.8. The SMILES string of the molecule is C=Cc1csc2ccc(-c3c4ccccc4c(-c4ccc5oc6cc7ccccc7cc6c5c4)c4ccccc34)cc12. The summed E-state index contributed by atoms with van der Waals surface area (Å²) in [5.74, 6) is 0. The molecule has 0 amide bonds. The van der Waals surface area contributed by atoms with Crippen molar-refractivity contribution in [1.29, 1.82) is 0 Å². The summed E-state index contributed by atoms with van der Waals surface area (Å²) in [6.45, 7) is 4.05. The maximum atomic E-state index is 6.34. The highest BCUT2D eigenvalue weighted by atomic mass is 32.1. The summed E-state index contributed by atoms with van der Waals surface area (Å²) >= 11 is 1.77. The van der Waals surface area contributed by atoms with Crippen molar-refractivity contribution in [3.05, 3.63) is 139 Å². The van der Waals surface area contributed by atoms with Gasteiger partial charge in [-0.15, -0.1) is 11.3 Å².